The van der Waals surface area contributed by atoms with Crippen molar-refractivity contribution in [1.29, 1.82) is 0 Å². The van der Waals surface area contributed by atoms with Crippen molar-refractivity contribution >= 4 is 119 Å². The van der Waals surface area contributed by atoms with Gasteiger partial charge in [0.05, 0.1) is 60.5 Å². The summed E-state index contributed by atoms with van der Waals surface area (Å²) in [5.41, 5.74) is 6.10. The van der Waals surface area contributed by atoms with Gasteiger partial charge < -0.3 is 9.80 Å². The van der Waals surface area contributed by atoms with Gasteiger partial charge in [-0.1, -0.05) is 373 Å². The molecule has 0 saturated carbocycles. The van der Waals surface area contributed by atoms with Gasteiger partial charge in [0.1, 0.15) is 0 Å². The molecule has 2 aliphatic rings. The zero-order valence-corrected chi connectivity index (χ0v) is 81.9. The summed E-state index contributed by atoms with van der Waals surface area (Å²) in [4.78, 5) is 43.6. The molecule has 8 rings (SSSR count). The van der Waals surface area contributed by atoms with E-state index in [1.807, 2.05) is 34.0 Å². The van der Waals surface area contributed by atoms with Crippen molar-refractivity contribution in [2.45, 2.75) is 440 Å². The van der Waals surface area contributed by atoms with Crippen LogP contribution in [-0.4, -0.2) is 34.7 Å². The summed E-state index contributed by atoms with van der Waals surface area (Å²) >= 11 is 11.7. The summed E-state index contributed by atoms with van der Waals surface area (Å²) in [5.74, 6) is 39.8. The monoisotopic (exact) mass is 1750 g/mol. The van der Waals surface area contributed by atoms with Crippen molar-refractivity contribution in [3.05, 3.63) is 66.0 Å². The molecule has 0 radical (unpaired) electrons. The van der Waals surface area contributed by atoms with Crippen LogP contribution in [0.3, 0.4) is 0 Å². The number of carbonyl (C=O) groups excluding carboxylic acids is 2. The van der Waals surface area contributed by atoms with Crippen molar-refractivity contribution in [1.82, 2.24) is 9.80 Å². The highest BCUT2D eigenvalue weighted by atomic mass is 32.1. The van der Waals surface area contributed by atoms with Gasteiger partial charge in [0.15, 0.2) is 0 Å². The lowest BCUT2D eigenvalue weighted by Crippen LogP contribution is -2.30. The first kappa shape index (κ1) is 101. The fraction of sp³-hybridized carbons (Fsp3) is 0.643. The van der Waals surface area contributed by atoms with Gasteiger partial charge in [0.25, 0.3) is 11.8 Å². The summed E-state index contributed by atoms with van der Waals surface area (Å²) < 4.78 is 8.88. The van der Waals surface area contributed by atoms with Crippen LogP contribution in [0.15, 0.2) is 35.4 Å². The summed E-state index contributed by atoms with van der Waals surface area (Å²) in [7, 11) is 0. The van der Waals surface area contributed by atoms with Crippen LogP contribution < -0.4 is 0 Å². The molecule has 0 fully saturated rings. The summed E-state index contributed by atoms with van der Waals surface area (Å²) in [6.45, 7) is 15.1. The highest BCUT2D eigenvalue weighted by molar-refractivity contribution is 7.45. The average molecular weight is 1750 g/mol. The average Bonchev–Trinajstić information content (AvgIpc) is 1.56. The molecule has 2 unspecified atom stereocenters. The molecule has 122 heavy (non-hydrogen) atoms. The SMILES string of the molecule is C#CC#CC#CC#CCCCCCCCCCc1c(C)sc2c1sc1c3sc(-c4ccc(C5=C6C(=O)N(CCCCCCCC(CCCCCCCC)CCCCCCCCCC)C(c7ccc(C)s7)=C6C(=O)N5CCCCCCCC(CCCCCCCC)CCCCCCCCCC)s4)c(CCCCCCCCCC#CC#CC#CC#C)c3sc21. The van der Waals surface area contributed by atoms with Gasteiger partial charge in [-0.25, -0.2) is 0 Å². The molecule has 0 aliphatic carbocycles. The maximum absolute atomic E-state index is 16.0. The molecule has 0 N–H and O–H groups in total. The predicted molar refractivity (Wildman–Crippen MR) is 543 cm³/mol. The number of nitrogens with zero attached hydrogens (tertiary/aromatic N) is 2. The minimum atomic E-state index is 0.0257. The van der Waals surface area contributed by atoms with E-state index in [0.717, 1.165) is 104 Å². The third-order valence-corrected chi connectivity index (χ3v) is 33.4. The van der Waals surface area contributed by atoms with E-state index in [-0.39, 0.29) is 11.8 Å². The van der Waals surface area contributed by atoms with Crippen LogP contribution >= 0.6 is 68.0 Å². The van der Waals surface area contributed by atoms with E-state index < -0.39 is 0 Å². The Bertz CT molecular complexity index is 4610. The van der Waals surface area contributed by atoms with Gasteiger partial charge >= 0.3 is 0 Å². The number of rotatable bonds is 69. The Kier molecular flexibility index (Phi) is 52.2. The minimum absolute atomic E-state index is 0.0257. The molecule has 2 amide bonds. The Morgan fingerprint density at radius 3 is 0.984 bits per heavy atom. The Morgan fingerprint density at radius 1 is 0.295 bits per heavy atom. The van der Waals surface area contributed by atoms with Gasteiger partial charge in [-0.05, 0) is 183 Å². The van der Waals surface area contributed by atoms with Crippen molar-refractivity contribution in [3.63, 3.8) is 0 Å². The largest absolute Gasteiger partial charge is 0.306 e. The Hall–Kier alpha value is -6.12. The van der Waals surface area contributed by atoms with Crippen LogP contribution in [0.25, 0.3) is 49.3 Å². The molecular formula is C112H154N2O2S6. The van der Waals surface area contributed by atoms with Crippen molar-refractivity contribution in [2.24, 2.45) is 11.8 Å². The molecule has 8 heterocycles. The first-order valence-corrected chi connectivity index (χ1v) is 54.6. The van der Waals surface area contributed by atoms with E-state index in [0.29, 0.717) is 24.2 Å². The molecular weight excluding hydrogens is 1600 g/mol. The van der Waals surface area contributed by atoms with E-state index in [4.69, 9.17) is 12.8 Å². The van der Waals surface area contributed by atoms with Gasteiger partial charge in [-0.15, -0.1) is 80.9 Å². The fourth-order valence-corrected chi connectivity index (χ4v) is 26.8. The number of amides is 2. The smallest absolute Gasteiger partial charge is 0.261 e. The second-order valence-corrected chi connectivity index (χ2v) is 42.1. The summed E-state index contributed by atoms with van der Waals surface area (Å²) in [6, 6.07) is 9.04. The lowest BCUT2D eigenvalue weighted by molar-refractivity contribution is -0.124. The molecule has 2 aliphatic heterocycles. The van der Waals surface area contributed by atoms with Crippen molar-refractivity contribution in [3.8, 4) is 105 Å². The number of hydrogen-bond acceptors (Lipinski definition) is 8. The number of fused-ring (bicyclic) bond motifs is 6. The number of aryl methyl sites for hydroxylation is 4. The third kappa shape index (κ3) is 35.6. The highest BCUT2D eigenvalue weighted by Gasteiger charge is 2.49. The zero-order chi connectivity index (χ0) is 86.1. The van der Waals surface area contributed by atoms with E-state index in [2.05, 4.69) is 181 Å². The van der Waals surface area contributed by atoms with Gasteiger partial charge in [-0.2, -0.15) is 0 Å². The summed E-state index contributed by atoms with van der Waals surface area (Å²) in [5, 5.41) is 0. The van der Waals surface area contributed by atoms with Gasteiger partial charge in [0, 0.05) is 45.4 Å². The normalized spacial score (nSPS) is 12.9. The van der Waals surface area contributed by atoms with Gasteiger partial charge in [0.2, 0.25) is 0 Å². The number of terminal acetylenes is 2. The van der Waals surface area contributed by atoms with Crippen LogP contribution in [0.5, 0.6) is 0 Å². The van der Waals surface area contributed by atoms with Crippen molar-refractivity contribution < 1.29 is 9.59 Å². The van der Waals surface area contributed by atoms with Crippen LogP contribution in [-0.2, 0) is 22.4 Å². The molecule has 2 atom stereocenters. The quantitative estimate of drug-likeness (QED) is 0.0282. The zero-order valence-electron chi connectivity index (χ0n) is 77.0. The standard InChI is InChI=1S/C112H154N2O2S6/c1-9-15-21-27-33-37-39-41-43-45-47-49-53-63-73-83-95-92(8)118-107-105(95)121-110-108-106(122-109(107)110)96(84-74-64-54-50-48-46-44-42-40-38-34-28-22-16-10-2)104(120-108)99-88-87-98(119-99)103-101-100(111(115)114(103)90-76-66-56-62-72-82-94(78-68-58-32-26-20-14-6)80-70-60-52-36-30-24-18-12-4)102(97-86-85-91(7)117-97)113(112(101)116)89-75-65-55-61-71-81-93(77-67-57-31-25-19-13-5)79-69-59-51-35-29-23-17-11-3/h1-2,85-88,93-94H,11-14,17-20,23-26,29-32,35-36,41-84,89-90H2,3-8H3. The number of carbonyl (C=O) groups is 2. The molecule has 6 aromatic heterocycles. The van der Waals surface area contributed by atoms with Gasteiger partial charge in [-0.3, -0.25) is 9.59 Å². The Labute approximate surface area is 768 Å². The van der Waals surface area contributed by atoms with E-state index >= 15 is 9.59 Å². The molecule has 0 bridgehead atoms. The molecule has 10 heteroatoms. The number of thiophene rings is 6. The van der Waals surface area contributed by atoms with Crippen LogP contribution in [0.4, 0.5) is 0 Å². The molecule has 660 valence electrons. The maximum Gasteiger partial charge on any atom is 0.261 e. The van der Waals surface area contributed by atoms with E-state index in [9.17, 15) is 0 Å². The number of hydrogen-bond donors (Lipinski definition) is 0. The minimum Gasteiger partial charge on any atom is -0.306 e. The first-order chi connectivity index (χ1) is 60.2. The fourth-order valence-electron chi connectivity index (χ4n) is 18.5. The predicted octanol–water partition coefficient (Wildman–Crippen LogP) is 34.7. The topological polar surface area (TPSA) is 40.6 Å². The molecule has 0 spiro atoms. The highest BCUT2D eigenvalue weighted by Crippen LogP contribution is 2.56. The Morgan fingerprint density at radius 2 is 0.598 bits per heavy atom. The molecule has 0 saturated heterocycles. The molecule has 0 aromatic carbocycles. The Balaban J connectivity index is 1.02. The second kappa shape index (κ2) is 62.9. The first-order valence-electron chi connectivity index (χ1n) is 49.7. The number of unbranched alkanes of at least 4 members (excludes halogenated alkanes) is 46. The van der Waals surface area contributed by atoms with Crippen molar-refractivity contribution in [2.75, 3.05) is 13.1 Å². The van der Waals surface area contributed by atoms with Crippen LogP contribution in [0, 0.1) is 121 Å². The maximum atomic E-state index is 16.0. The van der Waals surface area contributed by atoms with E-state index in [1.165, 1.54) is 381 Å². The molecule has 6 aromatic rings. The third-order valence-electron chi connectivity index (χ3n) is 25.5. The van der Waals surface area contributed by atoms with E-state index in [1.54, 1.807) is 16.9 Å². The summed E-state index contributed by atoms with van der Waals surface area (Å²) in [6.07, 6.45) is 89.8. The van der Waals surface area contributed by atoms with Crippen LogP contribution in [0.1, 0.15) is 444 Å². The molecule has 4 nitrogen and oxygen atoms in total. The van der Waals surface area contributed by atoms with Crippen LogP contribution in [0.2, 0.25) is 0 Å². The lowest BCUT2D eigenvalue weighted by atomic mass is 9.89. The lowest BCUT2D eigenvalue weighted by Gasteiger charge is -2.24. The second-order valence-electron chi connectivity index (χ2n) is 35.5.